The van der Waals surface area contributed by atoms with Crippen LogP contribution < -0.4 is 5.73 Å². The molecule has 0 saturated carbocycles. The summed E-state index contributed by atoms with van der Waals surface area (Å²) in [6.45, 7) is 2.04. The van der Waals surface area contributed by atoms with Gasteiger partial charge in [0, 0.05) is 29.1 Å². The van der Waals surface area contributed by atoms with E-state index in [1.165, 1.54) is 16.5 Å². The van der Waals surface area contributed by atoms with Crippen LogP contribution in [0.1, 0.15) is 12.5 Å². The molecule has 0 aliphatic heterocycles. The van der Waals surface area contributed by atoms with Crippen LogP contribution in [0, 0.1) is 0 Å². The van der Waals surface area contributed by atoms with Crippen molar-refractivity contribution in [3.05, 3.63) is 34.4 Å². The molecule has 3 heteroatoms. The quantitative estimate of drug-likeness (QED) is 0.891. The SMILES string of the molecule is CC(N)Cc1cccc2c(Br)cn(C)c12. The molecule has 2 N–H and O–H groups in total. The molecule has 0 radical (unpaired) electrons. The topological polar surface area (TPSA) is 30.9 Å². The molecule has 2 rings (SSSR count). The first-order valence-corrected chi connectivity index (χ1v) is 5.87. The molecule has 1 aromatic carbocycles. The first-order valence-electron chi connectivity index (χ1n) is 5.07. The fourth-order valence-corrected chi connectivity index (χ4v) is 2.64. The van der Waals surface area contributed by atoms with E-state index in [2.05, 4.69) is 51.9 Å². The molecule has 0 saturated heterocycles. The van der Waals surface area contributed by atoms with Crippen molar-refractivity contribution in [1.82, 2.24) is 4.57 Å². The van der Waals surface area contributed by atoms with Crippen LogP contribution in [0.5, 0.6) is 0 Å². The Morgan fingerprint density at radius 3 is 2.87 bits per heavy atom. The van der Waals surface area contributed by atoms with E-state index in [9.17, 15) is 0 Å². The molecule has 1 atom stereocenters. The highest BCUT2D eigenvalue weighted by Gasteiger charge is 2.09. The number of hydrogen-bond donors (Lipinski definition) is 1. The molecule has 1 aromatic heterocycles. The smallest absolute Gasteiger partial charge is 0.0522 e. The third kappa shape index (κ3) is 1.94. The van der Waals surface area contributed by atoms with Gasteiger partial charge in [-0.2, -0.15) is 0 Å². The monoisotopic (exact) mass is 266 g/mol. The van der Waals surface area contributed by atoms with Crippen LogP contribution in [0.2, 0.25) is 0 Å². The largest absolute Gasteiger partial charge is 0.349 e. The highest BCUT2D eigenvalue weighted by Crippen LogP contribution is 2.28. The van der Waals surface area contributed by atoms with Gasteiger partial charge in [-0.15, -0.1) is 0 Å². The Bertz CT molecular complexity index is 486. The molecular formula is C12H15BrN2. The van der Waals surface area contributed by atoms with Gasteiger partial charge < -0.3 is 10.3 Å². The Labute approximate surface area is 98.2 Å². The molecule has 80 valence electrons. The zero-order chi connectivity index (χ0) is 11.0. The summed E-state index contributed by atoms with van der Waals surface area (Å²) in [5, 5.41) is 1.26. The molecule has 0 fully saturated rings. The van der Waals surface area contributed by atoms with Gasteiger partial charge in [0.05, 0.1) is 5.52 Å². The van der Waals surface area contributed by atoms with Crippen LogP contribution in [-0.4, -0.2) is 10.6 Å². The van der Waals surface area contributed by atoms with E-state index in [1.807, 2.05) is 6.92 Å². The maximum Gasteiger partial charge on any atom is 0.0522 e. The standard InChI is InChI=1S/C12H15BrN2/c1-8(14)6-9-4-3-5-10-11(13)7-15(2)12(9)10/h3-5,7-8H,6,14H2,1-2H3. The van der Waals surface area contributed by atoms with Crippen LogP contribution in [-0.2, 0) is 13.5 Å². The molecule has 0 aliphatic rings. The Balaban J connectivity index is 2.64. The second-order valence-corrected chi connectivity index (χ2v) is 4.94. The second kappa shape index (κ2) is 3.99. The number of fused-ring (bicyclic) bond motifs is 1. The summed E-state index contributed by atoms with van der Waals surface area (Å²) < 4.78 is 3.29. The normalized spacial score (nSPS) is 13.3. The highest BCUT2D eigenvalue weighted by molar-refractivity contribution is 9.10. The van der Waals surface area contributed by atoms with Crippen molar-refractivity contribution in [2.75, 3.05) is 0 Å². The lowest BCUT2D eigenvalue weighted by Crippen LogP contribution is -2.18. The van der Waals surface area contributed by atoms with E-state index in [-0.39, 0.29) is 6.04 Å². The van der Waals surface area contributed by atoms with Gasteiger partial charge in [0.1, 0.15) is 0 Å². The van der Waals surface area contributed by atoms with Crippen LogP contribution >= 0.6 is 15.9 Å². The number of hydrogen-bond acceptors (Lipinski definition) is 1. The van der Waals surface area contributed by atoms with Gasteiger partial charge in [-0.1, -0.05) is 18.2 Å². The minimum atomic E-state index is 0.198. The van der Waals surface area contributed by atoms with E-state index in [4.69, 9.17) is 5.73 Å². The number of nitrogens with two attached hydrogens (primary N) is 1. The van der Waals surface area contributed by atoms with Crippen molar-refractivity contribution >= 4 is 26.8 Å². The Kier molecular flexibility index (Phi) is 2.85. The Morgan fingerprint density at radius 2 is 2.20 bits per heavy atom. The number of aryl methyl sites for hydroxylation is 1. The fraction of sp³-hybridized carbons (Fsp3) is 0.333. The molecule has 1 heterocycles. The van der Waals surface area contributed by atoms with Crippen molar-refractivity contribution in [2.45, 2.75) is 19.4 Å². The number of halogens is 1. The van der Waals surface area contributed by atoms with Gasteiger partial charge in [-0.05, 0) is 34.8 Å². The summed E-state index contributed by atoms with van der Waals surface area (Å²) in [5.41, 5.74) is 8.45. The average molecular weight is 267 g/mol. The first kappa shape index (κ1) is 10.7. The molecule has 0 aliphatic carbocycles. The molecule has 2 nitrogen and oxygen atoms in total. The van der Waals surface area contributed by atoms with Gasteiger partial charge in [-0.3, -0.25) is 0 Å². The number of benzene rings is 1. The minimum absolute atomic E-state index is 0.198. The van der Waals surface area contributed by atoms with Gasteiger partial charge in [0.25, 0.3) is 0 Å². The molecular weight excluding hydrogens is 252 g/mol. The van der Waals surface area contributed by atoms with Crippen molar-refractivity contribution < 1.29 is 0 Å². The maximum absolute atomic E-state index is 5.85. The van der Waals surface area contributed by atoms with Crippen LogP contribution in [0.15, 0.2) is 28.9 Å². The van der Waals surface area contributed by atoms with Crippen LogP contribution in [0.4, 0.5) is 0 Å². The summed E-state index contributed by atoms with van der Waals surface area (Å²) >= 11 is 3.57. The molecule has 0 spiro atoms. The first-order chi connectivity index (χ1) is 7.09. The van der Waals surface area contributed by atoms with Gasteiger partial charge in [0.2, 0.25) is 0 Å². The average Bonchev–Trinajstić information content (AvgIpc) is 2.43. The zero-order valence-electron chi connectivity index (χ0n) is 9.00. The van der Waals surface area contributed by atoms with Crippen molar-refractivity contribution in [3.8, 4) is 0 Å². The molecule has 15 heavy (non-hydrogen) atoms. The zero-order valence-corrected chi connectivity index (χ0v) is 10.6. The molecule has 1 unspecified atom stereocenters. The Morgan fingerprint density at radius 1 is 1.47 bits per heavy atom. The van der Waals surface area contributed by atoms with Crippen LogP contribution in [0.3, 0.4) is 0 Å². The lowest BCUT2D eigenvalue weighted by atomic mass is 10.0. The van der Waals surface area contributed by atoms with E-state index in [0.717, 1.165) is 10.9 Å². The number of aromatic nitrogens is 1. The summed E-state index contributed by atoms with van der Waals surface area (Å²) in [4.78, 5) is 0. The lowest BCUT2D eigenvalue weighted by molar-refractivity contribution is 0.738. The molecule has 0 amide bonds. The fourth-order valence-electron chi connectivity index (χ4n) is 2.02. The maximum atomic E-state index is 5.85. The predicted molar refractivity (Wildman–Crippen MR) is 68.0 cm³/mol. The van der Waals surface area contributed by atoms with Gasteiger partial charge in [-0.25, -0.2) is 0 Å². The van der Waals surface area contributed by atoms with E-state index in [1.54, 1.807) is 0 Å². The van der Waals surface area contributed by atoms with Crippen molar-refractivity contribution in [2.24, 2.45) is 12.8 Å². The number of nitrogens with zero attached hydrogens (tertiary/aromatic N) is 1. The van der Waals surface area contributed by atoms with Crippen molar-refractivity contribution in [1.29, 1.82) is 0 Å². The van der Waals surface area contributed by atoms with E-state index >= 15 is 0 Å². The highest BCUT2D eigenvalue weighted by atomic mass is 79.9. The predicted octanol–water partition coefficient (Wildman–Crippen LogP) is 2.83. The third-order valence-electron chi connectivity index (χ3n) is 2.58. The lowest BCUT2D eigenvalue weighted by Gasteiger charge is -2.08. The van der Waals surface area contributed by atoms with E-state index < -0.39 is 0 Å². The summed E-state index contributed by atoms with van der Waals surface area (Å²) in [6, 6.07) is 6.57. The number of para-hydroxylation sites is 1. The van der Waals surface area contributed by atoms with Gasteiger partial charge in [0.15, 0.2) is 0 Å². The second-order valence-electron chi connectivity index (χ2n) is 4.08. The van der Waals surface area contributed by atoms with Crippen molar-refractivity contribution in [3.63, 3.8) is 0 Å². The van der Waals surface area contributed by atoms with Gasteiger partial charge >= 0.3 is 0 Å². The summed E-state index contributed by atoms with van der Waals surface area (Å²) in [7, 11) is 2.07. The third-order valence-corrected chi connectivity index (χ3v) is 3.21. The summed E-state index contributed by atoms with van der Waals surface area (Å²) in [6.07, 6.45) is 3.01. The Hall–Kier alpha value is -0.800. The molecule has 0 bridgehead atoms. The number of rotatable bonds is 2. The minimum Gasteiger partial charge on any atom is -0.349 e. The van der Waals surface area contributed by atoms with Crippen LogP contribution in [0.25, 0.3) is 10.9 Å². The van der Waals surface area contributed by atoms with E-state index in [0.29, 0.717) is 0 Å². The molecule has 2 aromatic rings. The summed E-state index contributed by atoms with van der Waals surface area (Å²) in [5.74, 6) is 0.